The molecule has 0 aromatic carbocycles. The molecule has 0 unspecified atom stereocenters. The predicted octanol–water partition coefficient (Wildman–Crippen LogP) is 3.41. The smallest absolute Gasteiger partial charge is 0.313 e. The fourth-order valence-electron chi connectivity index (χ4n) is 2.74. The molecular formula is C15H29NO2. The highest BCUT2D eigenvalue weighted by Crippen LogP contribution is 2.36. The number of hydrogen-bond acceptors (Lipinski definition) is 3. The third-order valence-electron chi connectivity index (χ3n) is 4.12. The molecule has 0 atom stereocenters. The fourth-order valence-corrected chi connectivity index (χ4v) is 2.74. The summed E-state index contributed by atoms with van der Waals surface area (Å²) >= 11 is 0. The van der Waals surface area contributed by atoms with Gasteiger partial charge in [0.1, 0.15) is 0 Å². The normalized spacial score (nSPS) is 18.6. The molecule has 2 N–H and O–H groups in total. The van der Waals surface area contributed by atoms with Gasteiger partial charge in [0.2, 0.25) is 0 Å². The monoisotopic (exact) mass is 255 g/mol. The highest BCUT2D eigenvalue weighted by molar-refractivity contribution is 5.77. The number of esters is 1. The Bertz CT molecular complexity index is 235. The van der Waals surface area contributed by atoms with Crippen molar-refractivity contribution in [2.24, 2.45) is 11.1 Å². The van der Waals surface area contributed by atoms with E-state index in [9.17, 15) is 4.79 Å². The van der Waals surface area contributed by atoms with E-state index in [1.807, 2.05) is 0 Å². The Morgan fingerprint density at radius 2 is 1.78 bits per heavy atom. The largest absolute Gasteiger partial charge is 0.465 e. The molecule has 0 bridgehead atoms. The number of rotatable bonds is 8. The summed E-state index contributed by atoms with van der Waals surface area (Å²) in [6.07, 6.45) is 11.2. The molecule has 3 heteroatoms. The zero-order valence-electron chi connectivity index (χ0n) is 11.9. The second-order valence-corrected chi connectivity index (χ2v) is 5.60. The van der Waals surface area contributed by atoms with Crippen molar-refractivity contribution in [3.63, 3.8) is 0 Å². The van der Waals surface area contributed by atoms with E-state index in [-0.39, 0.29) is 11.4 Å². The Labute approximate surface area is 111 Å². The van der Waals surface area contributed by atoms with Crippen LogP contribution < -0.4 is 5.73 Å². The first-order chi connectivity index (χ1) is 8.75. The zero-order chi connectivity index (χ0) is 13.3. The lowest BCUT2D eigenvalue weighted by atomic mass is 9.74. The molecule has 106 valence electrons. The molecule has 0 spiro atoms. The van der Waals surface area contributed by atoms with Crippen molar-refractivity contribution in [1.29, 1.82) is 0 Å². The number of carbonyl (C=O) groups is 1. The molecule has 1 saturated carbocycles. The van der Waals surface area contributed by atoms with Crippen LogP contribution in [0.4, 0.5) is 0 Å². The van der Waals surface area contributed by atoms with Gasteiger partial charge in [0.05, 0.1) is 12.0 Å². The van der Waals surface area contributed by atoms with Crippen LogP contribution in [0.25, 0.3) is 0 Å². The van der Waals surface area contributed by atoms with E-state index in [1.54, 1.807) is 0 Å². The number of hydrogen-bond donors (Lipinski definition) is 1. The lowest BCUT2D eigenvalue weighted by Crippen LogP contribution is -2.41. The molecule has 1 rings (SSSR count). The predicted molar refractivity (Wildman–Crippen MR) is 74.3 cm³/mol. The summed E-state index contributed by atoms with van der Waals surface area (Å²) in [5.74, 6) is -0.0415. The summed E-state index contributed by atoms with van der Waals surface area (Å²) in [4.78, 5) is 12.1. The standard InChI is InChI=1S/C15H29NO2/c1-2-3-4-5-9-12-18-14(17)15(13-16)10-7-6-8-11-15/h2-13,16H2,1H3. The SMILES string of the molecule is CCCCCCCOC(=O)C1(CN)CCCCC1. The highest BCUT2D eigenvalue weighted by atomic mass is 16.5. The third kappa shape index (κ3) is 4.60. The minimum atomic E-state index is -0.359. The molecule has 0 heterocycles. The van der Waals surface area contributed by atoms with Crippen LogP contribution in [0.15, 0.2) is 0 Å². The van der Waals surface area contributed by atoms with Crippen LogP contribution in [0.2, 0.25) is 0 Å². The Morgan fingerprint density at radius 1 is 1.11 bits per heavy atom. The third-order valence-corrected chi connectivity index (χ3v) is 4.12. The summed E-state index contributed by atoms with van der Waals surface area (Å²) in [5, 5.41) is 0. The van der Waals surface area contributed by atoms with E-state index >= 15 is 0 Å². The van der Waals surface area contributed by atoms with Gasteiger partial charge in [-0.05, 0) is 19.3 Å². The van der Waals surface area contributed by atoms with Crippen LogP contribution in [0.3, 0.4) is 0 Å². The van der Waals surface area contributed by atoms with Crippen molar-refractivity contribution >= 4 is 5.97 Å². The van der Waals surface area contributed by atoms with E-state index in [0.717, 1.165) is 38.5 Å². The van der Waals surface area contributed by atoms with Gasteiger partial charge in [0.25, 0.3) is 0 Å². The van der Waals surface area contributed by atoms with E-state index < -0.39 is 0 Å². The van der Waals surface area contributed by atoms with Gasteiger partial charge in [-0.15, -0.1) is 0 Å². The maximum atomic E-state index is 12.1. The molecule has 0 aliphatic heterocycles. The molecular weight excluding hydrogens is 226 g/mol. The number of nitrogens with two attached hydrogens (primary N) is 1. The molecule has 1 aliphatic rings. The van der Waals surface area contributed by atoms with Crippen molar-refractivity contribution in [3.8, 4) is 0 Å². The Balaban J connectivity index is 2.21. The summed E-state index contributed by atoms with van der Waals surface area (Å²) in [5.41, 5.74) is 5.45. The van der Waals surface area contributed by atoms with Gasteiger partial charge in [-0.2, -0.15) is 0 Å². The summed E-state index contributed by atoms with van der Waals surface area (Å²) in [6, 6.07) is 0. The molecule has 0 aromatic heterocycles. The fraction of sp³-hybridized carbons (Fsp3) is 0.933. The molecule has 3 nitrogen and oxygen atoms in total. The zero-order valence-corrected chi connectivity index (χ0v) is 11.9. The van der Waals surface area contributed by atoms with Crippen LogP contribution in [0.5, 0.6) is 0 Å². The molecule has 0 radical (unpaired) electrons. The molecule has 0 aromatic rings. The summed E-state index contributed by atoms with van der Waals surface area (Å²) in [6.45, 7) is 3.22. The second kappa shape index (κ2) is 8.52. The first-order valence-electron chi connectivity index (χ1n) is 7.62. The number of ether oxygens (including phenoxy) is 1. The molecule has 0 amide bonds. The van der Waals surface area contributed by atoms with Gasteiger partial charge in [-0.3, -0.25) is 4.79 Å². The first kappa shape index (κ1) is 15.5. The van der Waals surface area contributed by atoms with Crippen molar-refractivity contribution in [1.82, 2.24) is 0 Å². The van der Waals surface area contributed by atoms with Crippen LogP contribution >= 0.6 is 0 Å². The maximum absolute atomic E-state index is 12.1. The number of carbonyl (C=O) groups excluding carboxylic acids is 1. The molecule has 18 heavy (non-hydrogen) atoms. The van der Waals surface area contributed by atoms with Crippen molar-refractivity contribution in [2.45, 2.75) is 71.1 Å². The average molecular weight is 255 g/mol. The van der Waals surface area contributed by atoms with Crippen LogP contribution in [-0.2, 0) is 9.53 Å². The minimum absolute atomic E-state index is 0.0415. The maximum Gasteiger partial charge on any atom is 0.313 e. The van der Waals surface area contributed by atoms with Crippen LogP contribution in [0, 0.1) is 5.41 Å². The van der Waals surface area contributed by atoms with Gasteiger partial charge in [-0.1, -0.05) is 51.9 Å². The number of unbranched alkanes of at least 4 members (excludes halogenated alkanes) is 4. The lowest BCUT2D eigenvalue weighted by molar-refractivity contribution is -0.157. The highest BCUT2D eigenvalue weighted by Gasteiger charge is 2.39. The Morgan fingerprint density at radius 3 is 2.39 bits per heavy atom. The van der Waals surface area contributed by atoms with Gasteiger partial charge in [0.15, 0.2) is 0 Å². The van der Waals surface area contributed by atoms with Crippen LogP contribution in [-0.4, -0.2) is 19.1 Å². The summed E-state index contributed by atoms with van der Waals surface area (Å²) < 4.78 is 5.44. The average Bonchev–Trinajstić information content (AvgIpc) is 2.43. The first-order valence-corrected chi connectivity index (χ1v) is 7.62. The Kier molecular flexibility index (Phi) is 7.33. The van der Waals surface area contributed by atoms with E-state index in [0.29, 0.717) is 13.2 Å². The quantitative estimate of drug-likeness (QED) is 0.534. The summed E-state index contributed by atoms with van der Waals surface area (Å²) in [7, 11) is 0. The minimum Gasteiger partial charge on any atom is -0.465 e. The van der Waals surface area contributed by atoms with Crippen molar-refractivity contribution in [3.05, 3.63) is 0 Å². The molecule has 0 saturated heterocycles. The Hall–Kier alpha value is -0.570. The van der Waals surface area contributed by atoms with Gasteiger partial charge >= 0.3 is 5.97 Å². The van der Waals surface area contributed by atoms with Gasteiger partial charge in [-0.25, -0.2) is 0 Å². The lowest BCUT2D eigenvalue weighted by Gasteiger charge is -2.33. The topological polar surface area (TPSA) is 52.3 Å². The second-order valence-electron chi connectivity index (χ2n) is 5.60. The van der Waals surface area contributed by atoms with E-state index in [4.69, 9.17) is 10.5 Å². The van der Waals surface area contributed by atoms with Crippen molar-refractivity contribution in [2.75, 3.05) is 13.2 Å². The van der Waals surface area contributed by atoms with E-state index in [1.165, 1.54) is 25.7 Å². The van der Waals surface area contributed by atoms with Gasteiger partial charge < -0.3 is 10.5 Å². The molecule has 1 fully saturated rings. The van der Waals surface area contributed by atoms with Crippen molar-refractivity contribution < 1.29 is 9.53 Å². The molecule has 1 aliphatic carbocycles. The van der Waals surface area contributed by atoms with E-state index in [2.05, 4.69) is 6.92 Å². The van der Waals surface area contributed by atoms with Crippen LogP contribution in [0.1, 0.15) is 71.1 Å². The van der Waals surface area contributed by atoms with Gasteiger partial charge in [0, 0.05) is 6.54 Å².